The fourth-order valence-corrected chi connectivity index (χ4v) is 4.20. The summed E-state index contributed by atoms with van der Waals surface area (Å²) in [6, 6.07) is 8.50. The summed E-state index contributed by atoms with van der Waals surface area (Å²) < 4.78 is 10.1. The number of anilines is 1. The molecule has 164 valence electrons. The molecular weight excluding hydrogens is 420 g/mol. The third-order valence-electron chi connectivity index (χ3n) is 4.68. The predicted molar refractivity (Wildman–Crippen MR) is 115 cm³/mol. The molecule has 1 aliphatic rings. The molecule has 31 heavy (non-hydrogen) atoms. The molecule has 0 aliphatic carbocycles. The second-order valence-corrected chi connectivity index (χ2v) is 8.14. The van der Waals surface area contributed by atoms with Gasteiger partial charge in [-0.2, -0.15) is 0 Å². The van der Waals surface area contributed by atoms with Crippen LogP contribution < -0.4 is 5.32 Å². The van der Waals surface area contributed by atoms with E-state index in [1.54, 1.807) is 43.0 Å². The van der Waals surface area contributed by atoms with Crippen molar-refractivity contribution in [3.8, 4) is 0 Å². The summed E-state index contributed by atoms with van der Waals surface area (Å²) in [5.74, 6) is -1.46. The highest BCUT2D eigenvalue weighted by Crippen LogP contribution is 2.27. The Kier molecular flexibility index (Phi) is 7.41. The van der Waals surface area contributed by atoms with E-state index in [9.17, 15) is 19.2 Å². The van der Waals surface area contributed by atoms with Crippen molar-refractivity contribution in [3.05, 3.63) is 51.9 Å². The highest BCUT2D eigenvalue weighted by molar-refractivity contribution is 7.18. The number of hydrogen-bond donors (Lipinski definition) is 1. The summed E-state index contributed by atoms with van der Waals surface area (Å²) in [7, 11) is 0. The second-order valence-electron chi connectivity index (χ2n) is 7.09. The number of rotatable bonds is 8. The van der Waals surface area contributed by atoms with Crippen LogP contribution in [0.5, 0.6) is 0 Å². The minimum Gasteiger partial charge on any atom is -0.462 e. The van der Waals surface area contributed by atoms with E-state index in [1.807, 2.05) is 6.07 Å². The molecule has 2 amide bonds. The van der Waals surface area contributed by atoms with Crippen LogP contribution in [-0.2, 0) is 25.6 Å². The van der Waals surface area contributed by atoms with Crippen molar-refractivity contribution >= 4 is 40.1 Å². The first-order chi connectivity index (χ1) is 14.9. The Morgan fingerprint density at radius 2 is 1.97 bits per heavy atom. The van der Waals surface area contributed by atoms with Gasteiger partial charge in [0, 0.05) is 19.5 Å². The van der Waals surface area contributed by atoms with E-state index >= 15 is 0 Å². The molecule has 1 aliphatic heterocycles. The monoisotopic (exact) mass is 444 g/mol. The van der Waals surface area contributed by atoms with Gasteiger partial charge in [-0.05, 0) is 49.6 Å². The summed E-state index contributed by atoms with van der Waals surface area (Å²) in [4.78, 5) is 50.3. The Morgan fingerprint density at radius 3 is 2.68 bits per heavy atom. The molecule has 1 fully saturated rings. The normalized spacial score (nSPS) is 13.2. The third kappa shape index (κ3) is 5.91. The van der Waals surface area contributed by atoms with Crippen LogP contribution >= 0.6 is 11.3 Å². The number of aryl methyl sites for hydroxylation is 1. The molecular formula is C22H24N2O6S. The lowest BCUT2D eigenvalue weighted by atomic mass is 10.1. The van der Waals surface area contributed by atoms with Crippen LogP contribution in [0.4, 0.5) is 5.00 Å². The van der Waals surface area contributed by atoms with E-state index in [0.29, 0.717) is 40.5 Å². The van der Waals surface area contributed by atoms with E-state index < -0.39 is 24.5 Å². The number of hydrogen-bond acceptors (Lipinski definition) is 7. The van der Waals surface area contributed by atoms with Gasteiger partial charge in [0.25, 0.3) is 5.91 Å². The zero-order chi connectivity index (χ0) is 22.4. The number of benzene rings is 1. The van der Waals surface area contributed by atoms with Gasteiger partial charge in [-0.1, -0.05) is 12.1 Å². The number of ether oxygens (including phenoxy) is 2. The predicted octanol–water partition coefficient (Wildman–Crippen LogP) is 3.15. The van der Waals surface area contributed by atoms with Gasteiger partial charge in [0.15, 0.2) is 6.61 Å². The van der Waals surface area contributed by atoms with Crippen LogP contribution in [0.15, 0.2) is 30.3 Å². The molecule has 3 rings (SSSR count). The highest BCUT2D eigenvalue weighted by Gasteiger charge is 2.21. The van der Waals surface area contributed by atoms with Crippen LogP contribution in [0.25, 0.3) is 0 Å². The molecule has 9 heteroatoms. The molecule has 0 atom stereocenters. The quantitative estimate of drug-likeness (QED) is 0.628. The molecule has 0 saturated carbocycles. The third-order valence-corrected chi connectivity index (χ3v) is 5.82. The first-order valence-corrected chi connectivity index (χ1v) is 10.8. The molecule has 1 N–H and O–H groups in total. The fourth-order valence-electron chi connectivity index (χ4n) is 3.22. The maximum absolute atomic E-state index is 12.3. The topological polar surface area (TPSA) is 102 Å². The number of thiophene rings is 1. The van der Waals surface area contributed by atoms with Gasteiger partial charge in [-0.15, -0.1) is 11.3 Å². The number of esters is 2. The highest BCUT2D eigenvalue weighted by atomic mass is 32.1. The Balaban J connectivity index is 1.53. The van der Waals surface area contributed by atoms with Crippen molar-refractivity contribution in [1.29, 1.82) is 0 Å². The standard InChI is InChI=1S/C22H24N2O6S/c1-3-29-22(28)20-14(2)10-18(31-20)23-17(25)13-30-21(27)16-7-4-6-15(11-16)12-24-9-5-8-19(24)26/h4,6-7,10-11H,3,5,8-9,12-13H2,1-2H3,(H,23,25). The van der Waals surface area contributed by atoms with Crippen LogP contribution in [-0.4, -0.2) is 48.4 Å². The summed E-state index contributed by atoms with van der Waals surface area (Å²) in [5.41, 5.74) is 1.84. The second kappa shape index (κ2) is 10.2. The SMILES string of the molecule is CCOC(=O)c1sc(NC(=O)COC(=O)c2cccc(CN3CCCC3=O)c2)cc1C. The average molecular weight is 445 g/mol. The molecule has 0 radical (unpaired) electrons. The lowest BCUT2D eigenvalue weighted by Gasteiger charge is -2.15. The van der Waals surface area contributed by atoms with Gasteiger partial charge in [0.2, 0.25) is 5.91 Å². The molecule has 8 nitrogen and oxygen atoms in total. The lowest BCUT2D eigenvalue weighted by molar-refractivity contribution is -0.128. The Hall–Kier alpha value is -3.20. The number of nitrogens with one attached hydrogen (secondary N) is 1. The fraction of sp³-hybridized carbons (Fsp3) is 0.364. The van der Waals surface area contributed by atoms with Crippen molar-refractivity contribution in [2.75, 3.05) is 25.1 Å². The minimum atomic E-state index is -0.626. The largest absolute Gasteiger partial charge is 0.462 e. The Labute approximate surface area is 184 Å². The number of carbonyl (C=O) groups excluding carboxylic acids is 4. The van der Waals surface area contributed by atoms with Crippen LogP contribution in [0.2, 0.25) is 0 Å². The zero-order valence-corrected chi connectivity index (χ0v) is 18.3. The number of nitrogens with zero attached hydrogens (tertiary/aromatic N) is 1. The van der Waals surface area contributed by atoms with Gasteiger partial charge in [0.05, 0.1) is 17.2 Å². The van der Waals surface area contributed by atoms with Gasteiger partial charge in [-0.3, -0.25) is 9.59 Å². The molecule has 1 aromatic carbocycles. The molecule has 1 aromatic heterocycles. The molecule has 2 aromatic rings. The Morgan fingerprint density at radius 1 is 1.16 bits per heavy atom. The van der Waals surface area contributed by atoms with Crippen molar-refractivity contribution in [2.24, 2.45) is 0 Å². The number of likely N-dealkylation sites (tertiary alicyclic amines) is 1. The van der Waals surface area contributed by atoms with E-state index in [1.165, 1.54) is 0 Å². The molecule has 2 heterocycles. The van der Waals surface area contributed by atoms with Crippen LogP contribution in [0.1, 0.15) is 50.9 Å². The van der Waals surface area contributed by atoms with Crippen molar-refractivity contribution in [3.63, 3.8) is 0 Å². The first-order valence-electron chi connectivity index (χ1n) is 9.98. The molecule has 0 spiro atoms. The molecule has 0 bridgehead atoms. The minimum absolute atomic E-state index is 0.111. The van der Waals surface area contributed by atoms with Gasteiger partial charge < -0.3 is 19.7 Å². The number of amides is 2. The molecule has 1 saturated heterocycles. The first kappa shape index (κ1) is 22.5. The van der Waals surface area contributed by atoms with Crippen LogP contribution in [0, 0.1) is 6.92 Å². The van der Waals surface area contributed by atoms with Crippen LogP contribution in [0.3, 0.4) is 0 Å². The van der Waals surface area contributed by atoms with Crippen molar-refractivity contribution in [2.45, 2.75) is 33.2 Å². The van der Waals surface area contributed by atoms with E-state index in [4.69, 9.17) is 9.47 Å². The van der Waals surface area contributed by atoms with E-state index in [0.717, 1.165) is 23.3 Å². The summed E-state index contributed by atoms with van der Waals surface area (Å²) in [5, 5.41) is 3.09. The maximum atomic E-state index is 12.3. The lowest BCUT2D eigenvalue weighted by Crippen LogP contribution is -2.24. The zero-order valence-electron chi connectivity index (χ0n) is 17.4. The maximum Gasteiger partial charge on any atom is 0.348 e. The number of carbonyl (C=O) groups is 4. The van der Waals surface area contributed by atoms with E-state index in [2.05, 4.69) is 5.32 Å². The summed E-state index contributed by atoms with van der Waals surface area (Å²) in [6.45, 7) is 4.44. The Bertz CT molecular complexity index is 1000. The smallest absolute Gasteiger partial charge is 0.348 e. The van der Waals surface area contributed by atoms with Gasteiger partial charge >= 0.3 is 11.9 Å². The average Bonchev–Trinajstić information content (AvgIpc) is 3.31. The van der Waals surface area contributed by atoms with Gasteiger partial charge in [-0.25, -0.2) is 9.59 Å². The van der Waals surface area contributed by atoms with Crippen molar-refractivity contribution in [1.82, 2.24) is 4.90 Å². The molecule has 0 unspecified atom stereocenters. The summed E-state index contributed by atoms with van der Waals surface area (Å²) >= 11 is 1.10. The summed E-state index contributed by atoms with van der Waals surface area (Å²) in [6.07, 6.45) is 1.41. The van der Waals surface area contributed by atoms with Gasteiger partial charge in [0.1, 0.15) is 4.88 Å². The van der Waals surface area contributed by atoms with E-state index in [-0.39, 0.29) is 12.5 Å². The van der Waals surface area contributed by atoms with Crippen molar-refractivity contribution < 1.29 is 28.7 Å².